The Morgan fingerprint density at radius 2 is 1.81 bits per heavy atom. The Morgan fingerprint density at radius 3 is 2.49 bits per heavy atom. The number of hydrogen-bond donors (Lipinski definition) is 2. The summed E-state index contributed by atoms with van der Waals surface area (Å²) in [5.74, 6) is 1.76. The van der Waals surface area contributed by atoms with Crippen LogP contribution in [0.5, 0.6) is 5.75 Å². The first kappa shape index (κ1) is 25.5. The minimum absolute atomic E-state index is 0.0738. The fourth-order valence-corrected chi connectivity index (χ4v) is 5.64. The van der Waals surface area contributed by atoms with Gasteiger partial charge in [-0.2, -0.15) is 0 Å². The van der Waals surface area contributed by atoms with E-state index in [1.54, 1.807) is 13.3 Å². The van der Waals surface area contributed by atoms with Crippen molar-refractivity contribution in [1.29, 1.82) is 0 Å². The van der Waals surface area contributed by atoms with Crippen LogP contribution in [-0.4, -0.2) is 74.8 Å². The zero-order valence-corrected chi connectivity index (χ0v) is 22.6. The van der Waals surface area contributed by atoms with Crippen LogP contribution in [0.3, 0.4) is 0 Å². The number of ether oxygens (including phenoxy) is 2. The monoisotopic (exact) mass is 507 g/mol. The molecule has 4 N–H and O–H groups in total. The molecule has 0 radical (unpaired) electrons. The quantitative estimate of drug-likeness (QED) is 0.628. The van der Waals surface area contributed by atoms with Crippen LogP contribution in [0.2, 0.25) is 0 Å². The number of fused-ring (bicyclic) bond motifs is 1. The van der Waals surface area contributed by atoms with Crippen molar-refractivity contribution in [3.63, 3.8) is 0 Å². The average molecular weight is 508 g/mol. The van der Waals surface area contributed by atoms with Crippen LogP contribution < -0.4 is 26.0 Å². The molecule has 9 heteroatoms. The average Bonchev–Trinajstić information content (AvgIpc) is 2.90. The van der Waals surface area contributed by atoms with Gasteiger partial charge in [0.05, 0.1) is 31.7 Å². The van der Waals surface area contributed by atoms with Gasteiger partial charge in [-0.1, -0.05) is 20.8 Å². The molecular weight excluding hydrogens is 466 g/mol. The van der Waals surface area contributed by atoms with E-state index in [0.717, 1.165) is 87.2 Å². The Morgan fingerprint density at radius 1 is 1.08 bits per heavy atom. The summed E-state index contributed by atoms with van der Waals surface area (Å²) >= 11 is 0. The van der Waals surface area contributed by atoms with Gasteiger partial charge in [0, 0.05) is 68.5 Å². The lowest BCUT2D eigenvalue weighted by atomic mass is 9.95. The lowest BCUT2D eigenvalue weighted by Crippen LogP contribution is -2.49. The highest BCUT2D eigenvalue weighted by atomic mass is 16.5. The van der Waals surface area contributed by atoms with Gasteiger partial charge in [0.1, 0.15) is 11.6 Å². The van der Waals surface area contributed by atoms with Gasteiger partial charge < -0.3 is 30.7 Å². The van der Waals surface area contributed by atoms with Gasteiger partial charge in [0.2, 0.25) is 5.96 Å². The zero-order chi connectivity index (χ0) is 26.2. The summed E-state index contributed by atoms with van der Waals surface area (Å²) in [6.45, 7) is 13.2. The third kappa shape index (κ3) is 5.29. The number of rotatable bonds is 5. The topological polar surface area (TPSA) is 95.8 Å². The highest BCUT2D eigenvalue weighted by Crippen LogP contribution is 2.40. The maximum Gasteiger partial charge on any atom is 0.205 e. The maximum atomic E-state index is 6.74. The number of morpholine rings is 1. The molecule has 4 aliphatic rings. The number of guanidine groups is 1. The molecule has 2 fully saturated rings. The molecule has 2 saturated heterocycles. The number of hydrogen-bond acceptors (Lipinski definition) is 9. The SMILES string of the molecule is COc1cc(N2CCC(N3CCOCC3)CC2)ccc1N1C(N)=NC=C2C=CN(CC(C)(C)C)C(N)=C21. The summed E-state index contributed by atoms with van der Waals surface area (Å²) in [6, 6.07) is 6.97. The van der Waals surface area contributed by atoms with E-state index >= 15 is 0 Å². The van der Waals surface area contributed by atoms with Crippen molar-refractivity contribution in [3.8, 4) is 5.75 Å². The Labute approximate surface area is 220 Å². The number of benzene rings is 1. The van der Waals surface area contributed by atoms with Crippen LogP contribution in [0.1, 0.15) is 33.6 Å². The largest absolute Gasteiger partial charge is 0.494 e. The van der Waals surface area contributed by atoms with Crippen LogP contribution in [0, 0.1) is 5.41 Å². The standard InChI is InChI=1S/C28H41N7O2/c1-28(2,3)19-34-10-7-20-18-31-27(30)35(25(20)26(34)29)23-6-5-22(17-24(23)36-4)32-11-8-21(9-12-32)33-13-15-37-16-14-33/h5-7,10,17-18,21H,8-9,11-16,19,29H2,1-4H3,(H2,30,31). The molecule has 0 aliphatic carbocycles. The van der Waals surface area contributed by atoms with Crippen molar-refractivity contribution in [2.45, 2.75) is 39.7 Å². The van der Waals surface area contributed by atoms with Crippen molar-refractivity contribution in [3.05, 3.63) is 53.8 Å². The van der Waals surface area contributed by atoms with Crippen LogP contribution in [0.15, 0.2) is 58.8 Å². The van der Waals surface area contributed by atoms with Crippen LogP contribution in [0.4, 0.5) is 11.4 Å². The summed E-state index contributed by atoms with van der Waals surface area (Å²) in [6.07, 6.45) is 8.15. The van der Waals surface area contributed by atoms with Gasteiger partial charge in [-0.05, 0) is 36.5 Å². The first-order chi connectivity index (χ1) is 17.7. The Hall–Kier alpha value is -3.17. The molecule has 0 saturated carbocycles. The van der Waals surface area contributed by atoms with Crippen molar-refractivity contribution >= 4 is 17.3 Å². The second-order valence-electron chi connectivity index (χ2n) is 11.4. The summed E-state index contributed by atoms with van der Waals surface area (Å²) in [5, 5.41) is 0. The molecule has 4 aliphatic heterocycles. The zero-order valence-electron chi connectivity index (χ0n) is 22.6. The minimum atomic E-state index is 0.0738. The molecule has 0 amide bonds. The van der Waals surface area contributed by atoms with Gasteiger partial charge in [-0.15, -0.1) is 0 Å². The molecule has 1 aromatic carbocycles. The third-order valence-electron chi connectivity index (χ3n) is 7.49. The number of methoxy groups -OCH3 is 1. The second kappa shape index (κ2) is 10.3. The molecule has 0 spiro atoms. The first-order valence-corrected chi connectivity index (χ1v) is 13.3. The van der Waals surface area contributed by atoms with Crippen molar-refractivity contribution in [2.24, 2.45) is 21.9 Å². The summed E-state index contributed by atoms with van der Waals surface area (Å²) < 4.78 is 11.4. The van der Waals surface area contributed by atoms with Gasteiger partial charge in [-0.25, -0.2) is 4.99 Å². The highest BCUT2D eigenvalue weighted by Gasteiger charge is 2.32. The van der Waals surface area contributed by atoms with E-state index < -0.39 is 0 Å². The second-order valence-corrected chi connectivity index (χ2v) is 11.4. The molecular formula is C28H41N7O2. The molecule has 1 aromatic rings. The fourth-order valence-electron chi connectivity index (χ4n) is 5.64. The normalized spacial score (nSPS) is 21.7. The third-order valence-corrected chi connectivity index (χ3v) is 7.49. The molecule has 0 aromatic heterocycles. The van der Waals surface area contributed by atoms with Crippen LogP contribution >= 0.6 is 0 Å². The van der Waals surface area contributed by atoms with Crippen LogP contribution in [0.25, 0.3) is 0 Å². The van der Waals surface area contributed by atoms with Crippen molar-refractivity contribution < 1.29 is 9.47 Å². The molecule has 0 atom stereocenters. The lowest BCUT2D eigenvalue weighted by molar-refractivity contribution is 0.0115. The van der Waals surface area contributed by atoms with Gasteiger partial charge in [-0.3, -0.25) is 9.80 Å². The predicted octanol–water partition coefficient (Wildman–Crippen LogP) is 3.02. The van der Waals surface area contributed by atoms with E-state index in [2.05, 4.69) is 58.7 Å². The van der Waals surface area contributed by atoms with E-state index in [1.165, 1.54) is 0 Å². The number of nitrogens with zero attached hydrogens (tertiary/aromatic N) is 5. The smallest absolute Gasteiger partial charge is 0.205 e. The summed E-state index contributed by atoms with van der Waals surface area (Å²) in [5.41, 5.74) is 17.0. The molecule has 0 unspecified atom stereocenters. The molecule has 37 heavy (non-hydrogen) atoms. The molecule has 0 bridgehead atoms. The number of piperidine rings is 1. The van der Waals surface area contributed by atoms with Gasteiger partial charge in [0.15, 0.2) is 0 Å². The minimum Gasteiger partial charge on any atom is -0.494 e. The summed E-state index contributed by atoms with van der Waals surface area (Å²) in [7, 11) is 1.70. The predicted molar refractivity (Wildman–Crippen MR) is 149 cm³/mol. The highest BCUT2D eigenvalue weighted by molar-refractivity contribution is 6.02. The van der Waals surface area contributed by atoms with Crippen molar-refractivity contribution in [1.82, 2.24) is 9.80 Å². The fraction of sp³-hybridized carbons (Fsp3) is 0.536. The van der Waals surface area contributed by atoms with E-state index in [-0.39, 0.29) is 5.41 Å². The van der Waals surface area contributed by atoms with Crippen LogP contribution in [-0.2, 0) is 4.74 Å². The molecule has 5 rings (SSSR count). The molecule has 200 valence electrons. The van der Waals surface area contributed by atoms with E-state index in [0.29, 0.717) is 17.8 Å². The number of allylic oxidation sites excluding steroid dienone is 1. The Bertz CT molecular complexity index is 1120. The van der Waals surface area contributed by atoms with E-state index in [4.69, 9.17) is 20.9 Å². The van der Waals surface area contributed by atoms with Gasteiger partial charge in [0.25, 0.3) is 0 Å². The maximum absolute atomic E-state index is 6.74. The molecule has 4 heterocycles. The number of anilines is 2. The Balaban J connectivity index is 1.39. The first-order valence-electron chi connectivity index (χ1n) is 13.3. The number of nitrogens with two attached hydrogens (primary N) is 2. The van der Waals surface area contributed by atoms with Gasteiger partial charge >= 0.3 is 0 Å². The van der Waals surface area contributed by atoms with Crippen molar-refractivity contribution in [2.75, 3.05) is 62.8 Å². The van der Waals surface area contributed by atoms with E-state index in [1.807, 2.05) is 17.2 Å². The molecule has 9 nitrogen and oxygen atoms in total. The number of aliphatic imine (C=N–C) groups is 1. The van der Waals surface area contributed by atoms with E-state index in [9.17, 15) is 0 Å². The Kier molecular flexibility index (Phi) is 7.09. The summed E-state index contributed by atoms with van der Waals surface area (Å²) in [4.78, 5) is 13.5. The lowest BCUT2D eigenvalue weighted by Gasteiger charge is -2.41.